The number of aryl methyl sites for hydroxylation is 3. The number of nitrogens with zero attached hydrogens (tertiary/aromatic N) is 2. The van der Waals surface area contributed by atoms with Gasteiger partial charge in [0, 0.05) is 12.8 Å². The van der Waals surface area contributed by atoms with Crippen molar-refractivity contribution in [2.75, 3.05) is 11.9 Å². The first kappa shape index (κ1) is 20.0. The van der Waals surface area contributed by atoms with E-state index in [2.05, 4.69) is 65.8 Å². The molecule has 0 saturated heterocycles. The molecule has 0 radical (unpaired) electrons. The molecule has 1 amide bonds. The number of benzene rings is 2. The third-order valence-electron chi connectivity index (χ3n) is 4.39. The Morgan fingerprint density at radius 3 is 2.43 bits per heavy atom. The van der Waals surface area contributed by atoms with E-state index >= 15 is 0 Å². The minimum absolute atomic E-state index is 0.0458. The average molecular weight is 396 g/mol. The van der Waals surface area contributed by atoms with Crippen molar-refractivity contribution in [1.82, 2.24) is 10.2 Å². The number of amides is 1. The molecule has 1 heterocycles. The van der Waals surface area contributed by atoms with E-state index < -0.39 is 0 Å². The molecule has 1 aromatic heterocycles. The lowest BCUT2D eigenvalue weighted by atomic mass is 10.1. The second kappa shape index (κ2) is 9.99. The molecule has 1 N–H and O–H groups in total. The van der Waals surface area contributed by atoms with Crippen molar-refractivity contribution in [3.63, 3.8) is 0 Å². The molecule has 0 aliphatic rings. The van der Waals surface area contributed by atoms with Crippen LogP contribution >= 0.6 is 11.3 Å². The molecule has 146 valence electrons. The van der Waals surface area contributed by atoms with Gasteiger partial charge in [-0.15, -0.1) is 10.2 Å². The number of hydrogen-bond acceptors (Lipinski definition) is 5. The average Bonchev–Trinajstić information content (AvgIpc) is 3.15. The summed E-state index contributed by atoms with van der Waals surface area (Å²) in [5, 5.41) is 12.4. The van der Waals surface area contributed by atoms with Gasteiger partial charge < -0.3 is 10.1 Å². The van der Waals surface area contributed by atoms with Crippen LogP contribution in [0.25, 0.3) is 0 Å². The Labute approximate surface area is 169 Å². The highest BCUT2D eigenvalue weighted by Crippen LogP contribution is 2.18. The predicted octanol–water partition coefficient (Wildman–Crippen LogP) is 4.60. The molecule has 6 heteroatoms. The van der Waals surface area contributed by atoms with Crippen LogP contribution in [0.5, 0.6) is 5.75 Å². The number of hydrogen-bond donors (Lipinski definition) is 1. The van der Waals surface area contributed by atoms with Gasteiger partial charge >= 0.3 is 0 Å². The molecule has 0 bridgehead atoms. The van der Waals surface area contributed by atoms with Crippen LogP contribution in [0.2, 0.25) is 0 Å². The lowest BCUT2D eigenvalue weighted by Gasteiger charge is -2.05. The third-order valence-corrected chi connectivity index (χ3v) is 5.29. The van der Waals surface area contributed by atoms with Crippen molar-refractivity contribution >= 4 is 22.4 Å². The maximum Gasteiger partial charge on any atom is 0.226 e. The van der Waals surface area contributed by atoms with E-state index in [1.54, 1.807) is 0 Å². The van der Waals surface area contributed by atoms with Crippen LogP contribution in [0.1, 0.15) is 35.0 Å². The summed E-state index contributed by atoms with van der Waals surface area (Å²) in [6, 6.07) is 16.4. The van der Waals surface area contributed by atoms with Gasteiger partial charge in [0.1, 0.15) is 10.8 Å². The van der Waals surface area contributed by atoms with Crippen molar-refractivity contribution in [2.24, 2.45) is 0 Å². The highest BCUT2D eigenvalue weighted by molar-refractivity contribution is 7.15. The molecule has 0 spiro atoms. The Kier molecular flexibility index (Phi) is 7.14. The van der Waals surface area contributed by atoms with Crippen LogP contribution < -0.4 is 10.1 Å². The molecular formula is C22H25N3O2S. The molecule has 3 rings (SSSR count). The molecule has 2 aromatic carbocycles. The Balaban J connectivity index is 1.40. The van der Waals surface area contributed by atoms with E-state index in [9.17, 15) is 4.79 Å². The molecule has 0 fully saturated rings. The van der Waals surface area contributed by atoms with E-state index in [4.69, 9.17) is 4.74 Å². The second-order valence-electron chi connectivity index (χ2n) is 6.63. The minimum atomic E-state index is -0.0458. The molecule has 0 atom stereocenters. The van der Waals surface area contributed by atoms with Crippen LogP contribution in [0, 0.1) is 6.92 Å². The number of carbonyl (C=O) groups excluding carboxylic acids is 1. The molecule has 28 heavy (non-hydrogen) atoms. The van der Waals surface area contributed by atoms with Crippen molar-refractivity contribution < 1.29 is 9.53 Å². The highest BCUT2D eigenvalue weighted by atomic mass is 32.1. The minimum Gasteiger partial charge on any atom is -0.493 e. The van der Waals surface area contributed by atoms with Crippen molar-refractivity contribution in [3.8, 4) is 5.75 Å². The summed E-state index contributed by atoms with van der Waals surface area (Å²) in [7, 11) is 0. The monoisotopic (exact) mass is 395 g/mol. The van der Waals surface area contributed by atoms with Crippen LogP contribution in [0.3, 0.4) is 0 Å². The molecule has 0 aliphatic carbocycles. The summed E-state index contributed by atoms with van der Waals surface area (Å²) in [4.78, 5) is 12.1. The van der Waals surface area contributed by atoms with E-state index in [1.807, 2.05) is 12.1 Å². The predicted molar refractivity (Wildman–Crippen MR) is 113 cm³/mol. The second-order valence-corrected chi connectivity index (χ2v) is 7.69. The van der Waals surface area contributed by atoms with Gasteiger partial charge in [-0.25, -0.2) is 0 Å². The summed E-state index contributed by atoms with van der Waals surface area (Å²) in [5.41, 5.74) is 3.67. The first-order chi connectivity index (χ1) is 13.6. The van der Waals surface area contributed by atoms with Gasteiger partial charge in [-0.1, -0.05) is 60.2 Å². The number of nitrogens with one attached hydrogen (secondary N) is 1. The number of ether oxygens (including phenoxy) is 1. The van der Waals surface area contributed by atoms with Gasteiger partial charge in [0.2, 0.25) is 11.0 Å². The molecule has 0 aliphatic heterocycles. The Morgan fingerprint density at radius 2 is 1.71 bits per heavy atom. The number of anilines is 1. The van der Waals surface area contributed by atoms with E-state index in [1.165, 1.54) is 22.5 Å². The molecule has 0 unspecified atom stereocenters. The first-order valence-electron chi connectivity index (χ1n) is 9.52. The lowest BCUT2D eigenvalue weighted by Crippen LogP contribution is -2.12. The number of rotatable bonds is 9. The van der Waals surface area contributed by atoms with Crippen LogP contribution in [-0.2, 0) is 24.1 Å². The molecule has 5 nitrogen and oxygen atoms in total. The van der Waals surface area contributed by atoms with Gasteiger partial charge in [0.05, 0.1) is 6.61 Å². The highest BCUT2D eigenvalue weighted by Gasteiger charge is 2.09. The zero-order chi connectivity index (χ0) is 19.8. The van der Waals surface area contributed by atoms with Crippen LogP contribution in [-0.4, -0.2) is 22.7 Å². The van der Waals surface area contributed by atoms with Gasteiger partial charge in [0.25, 0.3) is 0 Å². The Morgan fingerprint density at radius 1 is 1.00 bits per heavy atom. The fourth-order valence-electron chi connectivity index (χ4n) is 2.68. The Hall–Kier alpha value is -2.73. The standard InChI is InChI=1S/C22H25N3O2S/c1-3-17-8-11-19(12-9-17)27-15-14-21-24-25-22(28-21)23-20(26)13-10-18-6-4-16(2)5-7-18/h4-9,11-12H,3,10,13-15H2,1-2H3,(H,23,25,26). The van der Waals surface area contributed by atoms with E-state index in [0.717, 1.165) is 22.7 Å². The van der Waals surface area contributed by atoms with Gasteiger partial charge in [-0.3, -0.25) is 4.79 Å². The summed E-state index contributed by atoms with van der Waals surface area (Å²) in [6.45, 7) is 4.71. The normalized spacial score (nSPS) is 10.6. The summed E-state index contributed by atoms with van der Waals surface area (Å²) in [5.74, 6) is 0.807. The smallest absolute Gasteiger partial charge is 0.226 e. The SMILES string of the molecule is CCc1ccc(OCCc2nnc(NC(=O)CCc3ccc(C)cc3)s2)cc1. The zero-order valence-electron chi connectivity index (χ0n) is 16.3. The quantitative estimate of drug-likeness (QED) is 0.575. The lowest BCUT2D eigenvalue weighted by molar-refractivity contribution is -0.116. The number of aromatic nitrogens is 2. The van der Waals surface area contributed by atoms with Crippen molar-refractivity contribution in [1.29, 1.82) is 0 Å². The van der Waals surface area contributed by atoms with Crippen LogP contribution in [0.4, 0.5) is 5.13 Å². The third kappa shape index (κ3) is 6.16. The Bertz CT molecular complexity index is 889. The molecule has 0 saturated carbocycles. The van der Waals surface area contributed by atoms with Crippen molar-refractivity contribution in [3.05, 3.63) is 70.2 Å². The molecule has 3 aromatic rings. The fraction of sp³-hybridized carbons (Fsp3) is 0.318. The van der Waals surface area contributed by atoms with E-state index in [0.29, 0.717) is 31.0 Å². The summed E-state index contributed by atoms with van der Waals surface area (Å²) < 4.78 is 5.75. The fourth-order valence-corrected chi connectivity index (χ4v) is 3.41. The summed E-state index contributed by atoms with van der Waals surface area (Å²) >= 11 is 1.39. The van der Waals surface area contributed by atoms with Crippen molar-refractivity contribution in [2.45, 2.75) is 39.5 Å². The van der Waals surface area contributed by atoms with Gasteiger partial charge in [0.15, 0.2) is 0 Å². The topological polar surface area (TPSA) is 64.1 Å². The maximum absolute atomic E-state index is 12.1. The largest absolute Gasteiger partial charge is 0.493 e. The van der Waals surface area contributed by atoms with E-state index in [-0.39, 0.29) is 5.91 Å². The zero-order valence-corrected chi connectivity index (χ0v) is 17.1. The van der Waals surface area contributed by atoms with Gasteiger partial charge in [-0.2, -0.15) is 0 Å². The number of carbonyl (C=O) groups is 1. The molecular weight excluding hydrogens is 370 g/mol. The van der Waals surface area contributed by atoms with Gasteiger partial charge in [-0.05, 0) is 43.0 Å². The van der Waals surface area contributed by atoms with Crippen LogP contribution in [0.15, 0.2) is 48.5 Å². The first-order valence-corrected chi connectivity index (χ1v) is 10.3. The maximum atomic E-state index is 12.1. The summed E-state index contributed by atoms with van der Waals surface area (Å²) in [6.07, 6.45) is 2.81.